The zero-order valence-corrected chi connectivity index (χ0v) is 13.2. The lowest BCUT2D eigenvalue weighted by Crippen LogP contribution is -2.18. The highest BCUT2D eigenvalue weighted by molar-refractivity contribution is 7.91. The summed E-state index contributed by atoms with van der Waals surface area (Å²) >= 11 is 0. The maximum atomic E-state index is 11.5. The molecule has 0 saturated heterocycles. The summed E-state index contributed by atoms with van der Waals surface area (Å²) in [5, 5.41) is 6.28. The molecule has 0 radical (unpaired) electrons. The summed E-state index contributed by atoms with van der Waals surface area (Å²) in [7, 11) is -2.99. The van der Waals surface area contributed by atoms with E-state index in [4.69, 9.17) is 0 Å². The van der Waals surface area contributed by atoms with E-state index in [1.807, 2.05) is 16.8 Å². The highest BCUT2D eigenvalue weighted by Crippen LogP contribution is 2.16. The maximum absolute atomic E-state index is 11.5. The van der Waals surface area contributed by atoms with Crippen molar-refractivity contribution in [3.8, 4) is 0 Å². The van der Waals surface area contributed by atoms with E-state index in [2.05, 4.69) is 27.5 Å². The molecule has 0 unspecified atom stereocenters. The molecule has 21 heavy (non-hydrogen) atoms. The molecule has 0 atom stereocenters. The molecule has 0 aromatic carbocycles. The van der Waals surface area contributed by atoms with Gasteiger partial charge in [0.15, 0.2) is 21.3 Å². The summed E-state index contributed by atoms with van der Waals surface area (Å²) in [5.41, 5.74) is 0.686. The number of fused-ring (bicyclic) bond motifs is 1. The molecule has 2 aromatic rings. The predicted molar refractivity (Wildman–Crippen MR) is 84.6 cm³/mol. The summed E-state index contributed by atoms with van der Waals surface area (Å²) in [4.78, 5) is 8.69. The number of rotatable bonds is 8. The van der Waals surface area contributed by atoms with Crippen LogP contribution in [0.5, 0.6) is 0 Å². The van der Waals surface area contributed by atoms with E-state index in [9.17, 15) is 8.42 Å². The van der Waals surface area contributed by atoms with Crippen LogP contribution in [-0.4, -0.2) is 47.4 Å². The van der Waals surface area contributed by atoms with Crippen molar-refractivity contribution in [1.29, 1.82) is 0 Å². The SMILES string of the molecule is CCCNc1cn2ccnc2c(NCCS(=O)(=O)CC)n1. The van der Waals surface area contributed by atoms with Gasteiger partial charge < -0.3 is 15.0 Å². The molecule has 2 heterocycles. The fourth-order valence-electron chi connectivity index (χ4n) is 1.86. The highest BCUT2D eigenvalue weighted by Gasteiger charge is 2.10. The molecule has 2 aromatic heterocycles. The number of imidazole rings is 1. The van der Waals surface area contributed by atoms with Crippen molar-refractivity contribution in [2.75, 3.05) is 35.2 Å². The Kier molecular flexibility index (Phi) is 5.00. The van der Waals surface area contributed by atoms with E-state index < -0.39 is 9.84 Å². The molecule has 0 amide bonds. The Labute approximate surface area is 124 Å². The van der Waals surface area contributed by atoms with Crippen molar-refractivity contribution in [3.05, 3.63) is 18.6 Å². The van der Waals surface area contributed by atoms with Gasteiger partial charge in [-0.05, 0) is 6.42 Å². The third kappa shape index (κ3) is 4.07. The monoisotopic (exact) mass is 311 g/mol. The number of aromatic nitrogens is 3. The van der Waals surface area contributed by atoms with E-state index in [1.54, 1.807) is 13.1 Å². The van der Waals surface area contributed by atoms with Gasteiger partial charge in [0.25, 0.3) is 0 Å². The fraction of sp³-hybridized carbons (Fsp3) is 0.538. The standard InChI is InChI=1S/C13H21N5O2S/c1-3-5-14-11-10-18-8-6-16-13(18)12(17-11)15-7-9-21(19,20)4-2/h6,8,10,14H,3-5,7,9H2,1-2H3,(H,15,17). The predicted octanol–water partition coefficient (Wildman–Crippen LogP) is 1.40. The Bertz CT molecular complexity index is 696. The number of hydrogen-bond acceptors (Lipinski definition) is 6. The van der Waals surface area contributed by atoms with Gasteiger partial charge in [0.05, 0.1) is 11.9 Å². The molecule has 0 aliphatic carbocycles. The summed E-state index contributed by atoms with van der Waals surface area (Å²) in [6, 6.07) is 0. The van der Waals surface area contributed by atoms with Gasteiger partial charge in [0, 0.05) is 31.2 Å². The zero-order chi connectivity index (χ0) is 15.3. The van der Waals surface area contributed by atoms with Crippen LogP contribution >= 0.6 is 0 Å². The summed E-state index contributed by atoms with van der Waals surface area (Å²) < 4.78 is 24.9. The molecule has 0 aliphatic heterocycles. The zero-order valence-electron chi connectivity index (χ0n) is 12.3. The third-order valence-electron chi connectivity index (χ3n) is 3.08. The Morgan fingerprint density at radius 3 is 2.76 bits per heavy atom. The normalized spacial score (nSPS) is 11.7. The number of hydrogen-bond donors (Lipinski definition) is 2. The van der Waals surface area contributed by atoms with Gasteiger partial charge >= 0.3 is 0 Å². The molecule has 0 fully saturated rings. The minimum atomic E-state index is -2.99. The number of nitrogens with one attached hydrogen (secondary N) is 2. The van der Waals surface area contributed by atoms with Gasteiger partial charge in [-0.25, -0.2) is 18.4 Å². The number of nitrogens with zero attached hydrogens (tertiary/aromatic N) is 3. The molecule has 116 valence electrons. The third-order valence-corrected chi connectivity index (χ3v) is 4.78. The Balaban J connectivity index is 2.15. The lowest BCUT2D eigenvalue weighted by atomic mass is 10.4. The molecule has 0 bridgehead atoms. The van der Waals surface area contributed by atoms with Crippen molar-refractivity contribution >= 4 is 27.1 Å². The van der Waals surface area contributed by atoms with Crippen LogP contribution in [0.3, 0.4) is 0 Å². The van der Waals surface area contributed by atoms with Crippen LogP contribution in [0.2, 0.25) is 0 Å². The first-order chi connectivity index (χ1) is 10.1. The van der Waals surface area contributed by atoms with E-state index in [0.717, 1.165) is 18.8 Å². The lowest BCUT2D eigenvalue weighted by molar-refractivity contribution is 0.597. The van der Waals surface area contributed by atoms with Crippen LogP contribution in [0.15, 0.2) is 18.6 Å². The van der Waals surface area contributed by atoms with Gasteiger partial charge in [-0.3, -0.25) is 0 Å². The molecule has 0 saturated carbocycles. The van der Waals surface area contributed by atoms with E-state index in [0.29, 0.717) is 18.0 Å². The largest absolute Gasteiger partial charge is 0.369 e. The molecule has 8 heteroatoms. The summed E-state index contributed by atoms with van der Waals surface area (Å²) in [6.45, 7) is 4.88. The first-order valence-corrected chi connectivity index (χ1v) is 8.89. The van der Waals surface area contributed by atoms with E-state index >= 15 is 0 Å². The van der Waals surface area contributed by atoms with Gasteiger partial charge in [-0.15, -0.1) is 0 Å². The second kappa shape index (κ2) is 6.75. The Morgan fingerprint density at radius 2 is 2.05 bits per heavy atom. The Morgan fingerprint density at radius 1 is 1.24 bits per heavy atom. The Hall–Kier alpha value is -1.83. The molecule has 2 N–H and O–H groups in total. The van der Waals surface area contributed by atoms with Crippen molar-refractivity contribution in [1.82, 2.24) is 14.4 Å². The molecule has 0 aliphatic rings. The van der Waals surface area contributed by atoms with E-state index in [1.165, 1.54) is 0 Å². The van der Waals surface area contributed by atoms with Crippen molar-refractivity contribution in [2.45, 2.75) is 20.3 Å². The van der Waals surface area contributed by atoms with E-state index in [-0.39, 0.29) is 11.5 Å². The second-order valence-electron chi connectivity index (χ2n) is 4.72. The van der Waals surface area contributed by atoms with Crippen molar-refractivity contribution < 1.29 is 8.42 Å². The first kappa shape index (κ1) is 15.6. The average molecular weight is 311 g/mol. The van der Waals surface area contributed by atoms with Crippen LogP contribution in [0.25, 0.3) is 5.65 Å². The fourth-order valence-corrected chi connectivity index (χ4v) is 2.56. The highest BCUT2D eigenvalue weighted by atomic mass is 32.2. The van der Waals surface area contributed by atoms with Crippen LogP contribution < -0.4 is 10.6 Å². The average Bonchev–Trinajstić information content (AvgIpc) is 2.93. The van der Waals surface area contributed by atoms with Crippen molar-refractivity contribution in [2.24, 2.45) is 0 Å². The minimum Gasteiger partial charge on any atom is -0.369 e. The minimum absolute atomic E-state index is 0.0880. The van der Waals surface area contributed by atoms with Gasteiger partial charge in [0.1, 0.15) is 5.82 Å². The second-order valence-corrected chi connectivity index (χ2v) is 7.20. The summed E-state index contributed by atoms with van der Waals surface area (Å²) in [6.07, 6.45) is 6.39. The number of sulfone groups is 1. The van der Waals surface area contributed by atoms with Crippen LogP contribution in [-0.2, 0) is 9.84 Å². The topological polar surface area (TPSA) is 88.4 Å². The molecule has 2 rings (SSSR count). The van der Waals surface area contributed by atoms with Gasteiger partial charge in [-0.1, -0.05) is 13.8 Å². The van der Waals surface area contributed by atoms with Crippen LogP contribution in [0, 0.1) is 0 Å². The maximum Gasteiger partial charge on any atom is 0.180 e. The number of anilines is 2. The molecular formula is C13H21N5O2S. The van der Waals surface area contributed by atoms with Crippen LogP contribution in [0.1, 0.15) is 20.3 Å². The lowest BCUT2D eigenvalue weighted by Gasteiger charge is -2.10. The van der Waals surface area contributed by atoms with Crippen molar-refractivity contribution in [3.63, 3.8) is 0 Å². The molecule has 0 spiro atoms. The van der Waals surface area contributed by atoms with Crippen LogP contribution in [0.4, 0.5) is 11.6 Å². The van der Waals surface area contributed by atoms with Gasteiger partial charge in [-0.2, -0.15) is 0 Å². The first-order valence-electron chi connectivity index (χ1n) is 7.07. The smallest absolute Gasteiger partial charge is 0.180 e. The molecule has 7 nitrogen and oxygen atoms in total. The van der Waals surface area contributed by atoms with Gasteiger partial charge in [0.2, 0.25) is 0 Å². The summed E-state index contributed by atoms with van der Waals surface area (Å²) in [5.74, 6) is 1.57. The molecular weight excluding hydrogens is 290 g/mol. The quantitative estimate of drug-likeness (QED) is 0.766.